The first-order valence-electron chi connectivity index (χ1n) is 15.9. The molecule has 1 aliphatic heterocycles. The van der Waals surface area contributed by atoms with Gasteiger partial charge >= 0.3 is 0 Å². The van der Waals surface area contributed by atoms with Gasteiger partial charge < -0.3 is 34.5 Å². The molecule has 1 saturated heterocycles. The summed E-state index contributed by atoms with van der Waals surface area (Å²) in [7, 11) is 5.13. The molecule has 0 radical (unpaired) electrons. The predicted octanol–water partition coefficient (Wildman–Crippen LogP) is 5.31. The van der Waals surface area contributed by atoms with E-state index < -0.39 is 0 Å². The topological polar surface area (TPSA) is 98.4 Å². The van der Waals surface area contributed by atoms with E-state index in [1.165, 1.54) is 45.3 Å². The molecule has 1 amide bonds. The summed E-state index contributed by atoms with van der Waals surface area (Å²) in [6.45, 7) is 22.3. The number of allylic oxidation sites excluding steroid dienone is 1. The fraction of sp³-hybridized carbons (Fsp3) is 0.765. The number of carbonyl (C=O) groups excluding carboxylic acids is 2. The summed E-state index contributed by atoms with van der Waals surface area (Å²) in [6, 6.07) is 1.07. The van der Waals surface area contributed by atoms with E-state index in [0.717, 1.165) is 31.2 Å². The number of amides is 1. The third-order valence-corrected chi connectivity index (χ3v) is 7.05. The molecular weight excluding hydrogens is 546 g/mol. The molecule has 1 atom stereocenters. The Balaban J connectivity index is 0. The van der Waals surface area contributed by atoms with Crippen LogP contribution in [0.1, 0.15) is 79.6 Å². The van der Waals surface area contributed by atoms with Gasteiger partial charge in [-0.1, -0.05) is 19.1 Å². The standard InChI is InChI=1S/C16H29NO3.C9H18N2.C7H14O3.C2H4/c1-6-7-9-15(16(18)17(4)14(2)3)10-13-20-12-8-11-19-5;1-2-8(6-10-5-1)7-11-9-3-4-9;1-7(2,9-3)4-5-10-6-8;1-2/h7,9-10,14H,6,8,11-13H2,1-5H3;8-11H,1-7H2;6H,4-5H2,1-3H3;1-2H2/b9-7-,15-10+;;;. The van der Waals surface area contributed by atoms with Crippen LogP contribution in [0.5, 0.6) is 0 Å². The number of nitrogens with one attached hydrogen (secondary N) is 2. The quantitative estimate of drug-likeness (QED) is 0.0707. The Labute approximate surface area is 263 Å². The molecular formula is C34H65N3O6. The van der Waals surface area contributed by atoms with E-state index in [4.69, 9.17) is 14.2 Å². The van der Waals surface area contributed by atoms with Crippen LogP contribution in [0.3, 0.4) is 0 Å². The lowest BCUT2D eigenvalue weighted by Gasteiger charge is -2.22. The molecule has 43 heavy (non-hydrogen) atoms. The van der Waals surface area contributed by atoms with Crippen LogP contribution < -0.4 is 10.6 Å². The molecule has 0 aromatic rings. The van der Waals surface area contributed by atoms with Gasteiger partial charge in [-0.15, -0.1) is 13.2 Å². The van der Waals surface area contributed by atoms with Gasteiger partial charge in [0.25, 0.3) is 12.4 Å². The highest BCUT2D eigenvalue weighted by Gasteiger charge is 2.22. The summed E-state index contributed by atoms with van der Waals surface area (Å²) in [6.07, 6.45) is 13.8. The molecule has 252 valence electrons. The highest BCUT2D eigenvalue weighted by Crippen LogP contribution is 2.19. The van der Waals surface area contributed by atoms with Gasteiger partial charge in [0, 0.05) is 58.6 Å². The number of rotatable bonds is 18. The van der Waals surface area contributed by atoms with E-state index in [-0.39, 0.29) is 17.6 Å². The third kappa shape index (κ3) is 26.1. The van der Waals surface area contributed by atoms with Crippen molar-refractivity contribution in [1.29, 1.82) is 0 Å². The van der Waals surface area contributed by atoms with E-state index >= 15 is 0 Å². The lowest BCUT2D eigenvalue weighted by molar-refractivity contribution is -0.130. The maximum absolute atomic E-state index is 12.3. The predicted molar refractivity (Wildman–Crippen MR) is 178 cm³/mol. The fourth-order valence-corrected chi connectivity index (χ4v) is 3.62. The molecule has 1 saturated carbocycles. The molecule has 0 bridgehead atoms. The second-order valence-electron chi connectivity index (χ2n) is 11.5. The number of nitrogens with zero attached hydrogens (tertiary/aromatic N) is 1. The summed E-state index contributed by atoms with van der Waals surface area (Å²) < 4.78 is 20.0. The maximum Gasteiger partial charge on any atom is 0.293 e. The number of hydrogen-bond acceptors (Lipinski definition) is 8. The van der Waals surface area contributed by atoms with Crippen molar-refractivity contribution < 1.29 is 28.5 Å². The van der Waals surface area contributed by atoms with Crippen LogP contribution in [0.15, 0.2) is 37.0 Å². The van der Waals surface area contributed by atoms with E-state index in [9.17, 15) is 9.59 Å². The number of ether oxygens (including phenoxy) is 4. The van der Waals surface area contributed by atoms with Crippen molar-refractivity contribution in [2.24, 2.45) is 5.92 Å². The number of carbonyl (C=O) groups is 2. The van der Waals surface area contributed by atoms with Crippen LogP contribution in [0.2, 0.25) is 0 Å². The zero-order valence-electron chi connectivity index (χ0n) is 28.8. The average molecular weight is 612 g/mol. The molecule has 2 aliphatic rings. The molecule has 9 heteroatoms. The second-order valence-corrected chi connectivity index (χ2v) is 11.5. The minimum absolute atomic E-state index is 0.0326. The largest absolute Gasteiger partial charge is 0.468 e. The van der Waals surface area contributed by atoms with E-state index in [1.807, 2.05) is 59.9 Å². The lowest BCUT2D eigenvalue weighted by atomic mass is 10.00. The smallest absolute Gasteiger partial charge is 0.293 e. The zero-order chi connectivity index (χ0) is 32.9. The molecule has 9 nitrogen and oxygen atoms in total. The normalized spacial score (nSPS) is 16.7. The Bertz CT molecular complexity index is 732. The highest BCUT2D eigenvalue weighted by atomic mass is 16.5. The highest BCUT2D eigenvalue weighted by molar-refractivity contribution is 5.96. The number of likely N-dealkylation sites (N-methyl/N-ethyl adjacent to an activating group) is 1. The number of hydrogen-bond donors (Lipinski definition) is 2. The summed E-state index contributed by atoms with van der Waals surface area (Å²) >= 11 is 0. The summed E-state index contributed by atoms with van der Waals surface area (Å²) in [4.78, 5) is 23.7. The monoisotopic (exact) mass is 611 g/mol. The van der Waals surface area contributed by atoms with Gasteiger partial charge in [-0.3, -0.25) is 9.59 Å². The SMILES string of the molecule is C1CNCC(CNC2CC2)C1.C=C.CC/C=C\C(=C/COCCCOC)C(=O)N(C)C(C)C.COC(C)(C)CCOC=O. The van der Waals surface area contributed by atoms with Crippen LogP contribution >= 0.6 is 0 Å². The Morgan fingerprint density at radius 3 is 2.35 bits per heavy atom. The molecule has 2 rings (SSSR count). The van der Waals surface area contributed by atoms with Crippen molar-refractivity contribution in [1.82, 2.24) is 15.5 Å². The van der Waals surface area contributed by atoms with Crippen molar-refractivity contribution >= 4 is 12.4 Å². The van der Waals surface area contributed by atoms with Crippen LogP contribution in [0.25, 0.3) is 0 Å². The molecule has 2 fully saturated rings. The minimum atomic E-state index is -0.191. The van der Waals surface area contributed by atoms with Crippen LogP contribution in [0.4, 0.5) is 0 Å². The van der Waals surface area contributed by atoms with Gasteiger partial charge in [0.1, 0.15) is 0 Å². The van der Waals surface area contributed by atoms with Crippen molar-refractivity contribution in [2.75, 3.05) is 67.3 Å². The van der Waals surface area contributed by atoms with Crippen LogP contribution in [0, 0.1) is 5.92 Å². The Hall–Kier alpha value is -2.04. The van der Waals surface area contributed by atoms with Crippen molar-refractivity contribution in [3.63, 3.8) is 0 Å². The minimum Gasteiger partial charge on any atom is -0.468 e. The molecule has 0 spiro atoms. The first-order chi connectivity index (χ1) is 20.6. The molecule has 1 aliphatic carbocycles. The molecule has 2 N–H and O–H groups in total. The maximum atomic E-state index is 12.3. The summed E-state index contributed by atoms with van der Waals surface area (Å²) in [5.41, 5.74) is 0.498. The molecule has 0 aromatic carbocycles. The van der Waals surface area contributed by atoms with Gasteiger partial charge in [-0.05, 0) is 97.8 Å². The zero-order valence-corrected chi connectivity index (χ0v) is 28.8. The van der Waals surface area contributed by atoms with E-state index in [0.29, 0.717) is 38.5 Å². The van der Waals surface area contributed by atoms with E-state index in [2.05, 4.69) is 28.5 Å². The molecule has 1 unspecified atom stereocenters. The summed E-state index contributed by atoms with van der Waals surface area (Å²) in [5.74, 6) is 0.939. The fourth-order valence-electron chi connectivity index (χ4n) is 3.62. The Kier molecular flexibility index (Phi) is 28.8. The first-order valence-corrected chi connectivity index (χ1v) is 15.9. The van der Waals surface area contributed by atoms with Crippen molar-refractivity contribution in [3.8, 4) is 0 Å². The Morgan fingerprint density at radius 1 is 1.14 bits per heavy atom. The van der Waals surface area contributed by atoms with Gasteiger partial charge in [0.05, 0.1) is 18.8 Å². The van der Waals surface area contributed by atoms with Crippen LogP contribution in [-0.4, -0.2) is 102 Å². The van der Waals surface area contributed by atoms with Gasteiger partial charge in [-0.25, -0.2) is 0 Å². The average Bonchev–Trinajstić information content (AvgIpc) is 3.85. The van der Waals surface area contributed by atoms with Crippen molar-refractivity contribution in [2.45, 2.75) is 97.2 Å². The van der Waals surface area contributed by atoms with E-state index in [1.54, 1.807) is 19.1 Å². The van der Waals surface area contributed by atoms with Crippen LogP contribution in [-0.2, 0) is 28.5 Å². The summed E-state index contributed by atoms with van der Waals surface area (Å²) in [5, 5.41) is 7.03. The Morgan fingerprint density at radius 2 is 1.84 bits per heavy atom. The van der Waals surface area contributed by atoms with Gasteiger partial charge in [0.15, 0.2) is 0 Å². The number of piperidine rings is 1. The van der Waals surface area contributed by atoms with Gasteiger partial charge in [0.2, 0.25) is 0 Å². The van der Waals surface area contributed by atoms with Gasteiger partial charge in [-0.2, -0.15) is 0 Å². The lowest BCUT2D eigenvalue weighted by Crippen LogP contribution is -2.36. The van der Waals surface area contributed by atoms with Crippen molar-refractivity contribution in [3.05, 3.63) is 37.0 Å². The number of methoxy groups -OCH3 is 2. The first kappa shape index (κ1) is 43.1. The second kappa shape index (κ2) is 28.7. The molecule has 1 heterocycles. The third-order valence-electron chi connectivity index (χ3n) is 7.05. The molecule has 0 aromatic heterocycles.